The summed E-state index contributed by atoms with van der Waals surface area (Å²) >= 11 is 0. The van der Waals surface area contributed by atoms with E-state index in [4.69, 9.17) is 9.47 Å². The first-order valence-electron chi connectivity index (χ1n) is 8.35. The second-order valence-electron chi connectivity index (χ2n) is 6.57. The van der Waals surface area contributed by atoms with Crippen LogP contribution in [0.5, 0.6) is 0 Å². The fraction of sp³-hybridized carbons (Fsp3) is 0.450. The van der Waals surface area contributed by atoms with Crippen LogP contribution >= 0.6 is 0 Å². The van der Waals surface area contributed by atoms with Crippen LogP contribution in [-0.2, 0) is 23.9 Å². The van der Waals surface area contributed by atoms with E-state index in [1.54, 1.807) is 32.9 Å². The largest absolute Gasteiger partial charge is 0.458 e. The van der Waals surface area contributed by atoms with Gasteiger partial charge in [0.1, 0.15) is 12.2 Å². The zero-order chi connectivity index (χ0) is 18.7. The van der Waals surface area contributed by atoms with Crippen LogP contribution in [0.1, 0.15) is 40.5 Å². The van der Waals surface area contributed by atoms with E-state index in [-0.39, 0.29) is 17.8 Å². The normalized spacial score (nSPS) is 32.1. The predicted octanol–water partition coefficient (Wildman–Crippen LogP) is 3.22. The van der Waals surface area contributed by atoms with Gasteiger partial charge in [-0.2, -0.15) is 0 Å². The van der Waals surface area contributed by atoms with Gasteiger partial charge >= 0.3 is 11.9 Å². The molecule has 2 aliphatic rings. The average molecular weight is 344 g/mol. The van der Waals surface area contributed by atoms with Crippen molar-refractivity contribution in [2.45, 2.75) is 52.7 Å². The third kappa shape index (κ3) is 4.16. The molecule has 2 rings (SSSR count). The number of ketones is 1. The Labute approximate surface area is 148 Å². The number of ether oxygens (including phenoxy) is 2. The molecule has 5 nitrogen and oxygen atoms in total. The smallest absolute Gasteiger partial charge is 0.334 e. The highest BCUT2D eigenvalue weighted by atomic mass is 16.6. The van der Waals surface area contributed by atoms with Gasteiger partial charge in [-0.3, -0.25) is 4.79 Å². The molecule has 0 spiro atoms. The lowest BCUT2D eigenvalue weighted by Gasteiger charge is -2.27. The molecular formula is C20H24O5. The maximum Gasteiger partial charge on any atom is 0.334 e. The Morgan fingerprint density at radius 2 is 2.04 bits per heavy atom. The minimum atomic E-state index is -0.654. The van der Waals surface area contributed by atoms with Crippen LogP contribution in [-0.4, -0.2) is 29.9 Å². The van der Waals surface area contributed by atoms with Crippen LogP contribution in [0.25, 0.3) is 0 Å². The summed E-state index contributed by atoms with van der Waals surface area (Å²) in [6.45, 7) is 10.8. The van der Waals surface area contributed by atoms with Crippen LogP contribution in [0.3, 0.4) is 0 Å². The number of carbonyl (C=O) groups excluding carboxylic acids is 3. The molecular weight excluding hydrogens is 320 g/mol. The van der Waals surface area contributed by atoms with E-state index >= 15 is 0 Å². The van der Waals surface area contributed by atoms with Gasteiger partial charge in [-0.1, -0.05) is 24.3 Å². The number of carbonyl (C=O) groups is 3. The van der Waals surface area contributed by atoms with E-state index in [0.29, 0.717) is 17.6 Å². The Hall–Kier alpha value is -2.43. The van der Waals surface area contributed by atoms with Crippen LogP contribution in [0.15, 0.2) is 47.1 Å². The Morgan fingerprint density at radius 3 is 2.68 bits per heavy atom. The van der Waals surface area contributed by atoms with Gasteiger partial charge in [-0.05, 0) is 39.3 Å². The zero-order valence-corrected chi connectivity index (χ0v) is 15.1. The molecule has 0 saturated carbocycles. The number of esters is 2. The van der Waals surface area contributed by atoms with Gasteiger partial charge in [-0.25, -0.2) is 9.59 Å². The van der Waals surface area contributed by atoms with E-state index in [2.05, 4.69) is 6.58 Å². The lowest BCUT2D eigenvalue weighted by molar-refractivity contribution is -0.147. The number of hydrogen-bond donors (Lipinski definition) is 0. The fourth-order valence-electron chi connectivity index (χ4n) is 2.94. The topological polar surface area (TPSA) is 69.7 Å². The first-order chi connectivity index (χ1) is 11.7. The predicted molar refractivity (Wildman–Crippen MR) is 93.6 cm³/mol. The minimum Gasteiger partial charge on any atom is -0.458 e. The second-order valence-corrected chi connectivity index (χ2v) is 6.57. The third-order valence-corrected chi connectivity index (χ3v) is 4.69. The Balaban J connectivity index is 2.44. The molecule has 0 amide bonds. The van der Waals surface area contributed by atoms with E-state index in [9.17, 15) is 14.4 Å². The van der Waals surface area contributed by atoms with E-state index in [0.717, 1.165) is 5.57 Å². The van der Waals surface area contributed by atoms with Crippen molar-refractivity contribution in [3.63, 3.8) is 0 Å². The summed E-state index contributed by atoms with van der Waals surface area (Å²) in [5.41, 5.74) is 2.21. The first kappa shape index (κ1) is 18.9. The molecule has 0 bridgehead atoms. The number of hydrogen-bond acceptors (Lipinski definition) is 5. The number of rotatable bonds is 2. The quantitative estimate of drug-likeness (QED) is 0.437. The van der Waals surface area contributed by atoms with Crippen LogP contribution in [0, 0.1) is 5.92 Å². The average Bonchev–Trinajstić information content (AvgIpc) is 2.84. The molecule has 0 aromatic carbocycles. The molecule has 1 aliphatic carbocycles. The summed E-state index contributed by atoms with van der Waals surface area (Å²) in [5.74, 6) is -1.48. The standard InChI is InChI=1S/C20H24O5/c1-6-12(3)19(22)24-16-9-11(2)7-8-15(21)13(4)10-17-18(16)14(5)20(23)25-17/h6-7,10,16-18H,5,8-9H2,1-4H3/b11-7+,12-6?,13-10-/t16-,17-,18+/m0/s1. The molecule has 0 aromatic heterocycles. The van der Waals surface area contributed by atoms with Gasteiger partial charge < -0.3 is 9.47 Å². The van der Waals surface area contributed by atoms with Gasteiger partial charge in [0.15, 0.2) is 5.78 Å². The molecule has 0 aromatic rings. The summed E-state index contributed by atoms with van der Waals surface area (Å²) in [7, 11) is 0. The van der Waals surface area contributed by atoms with Crippen LogP contribution in [0.2, 0.25) is 0 Å². The van der Waals surface area contributed by atoms with Crippen molar-refractivity contribution in [3.8, 4) is 0 Å². The summed E-state index contributed by atoms with van der Waals surface area (Å²) in [6.07, 6.45) is 4.61. The minimum absolute atomic E-state index is 0.0214. The monoisotopic (exact) mass is 344 g/mol. The Morgan fingerprint density at radius 1 is 1.36 bits per heavy atom. The second kappa shape index (κ2) is 7.64. The molecule has 0 N–H and O–H groups in total. The van der Waals surface area contributed by atoms with Gasteiger partial charge in [0.25, 0.3) is 0 Å². The van der Waals surface area contributed by atoms with E-state index in [1.165, 1.54) is 0 Å². The molecule has 3 atom stereocenters. The van der Waals surface area contributed by atoms with Gasteiger partial charge in [0.05, 0.1) is 5.92 Å². The number of Topliss-reactive ketones (excluding diaryl/α,β-unsaturated/α-hetero) is 1. The highest BCUT2D eigenvalue weighted by molar-refractivity contribution is 5.96. The zero-order valence-electron chi connectivity index (χ0n) is 15.1. The van der Waals surface area contributed by atoms with Crippen LogP contribution < -0.4 is 0 Å². The first-order valence-corrected chi connectivity index (χ1v) is 8.35. The number of fused-ring (bicyclic) bond motifs is 1. The lowest BCUT2D eigenvalue weighted by atomic mass is 9.85. The number of allylic oxidation sites excluding steroid dienone is 3. The maximum atomic E-state index is 12.3. The summed E-state index contributed by atoms with van der Waals surface area (Å²) < 4.78 is 11.1. The molecule has 0 unspecified atom stereocenters. The molecule has 1 saturated heterocycles. The van der Waals surface area contributed by atoms with Gasteiger partial charge in [0, 0.05) is 24.0 Å². The van der Waals surface area contributed by atoms with Crippen molar-refractivity contribution in [1.29, 1.82) is 0 Å². The lowest BCUT2D eigenvalue weighted by Crippen LogP contribution is -2.33. The van der Waals surface area contributed by atoms with Crippen molar-refractivity contribution >= 4 is 17.7 Å². The van der Waals surface area contributed by atoms with Gasteiger partial charge in [-0.15, -0.1) is 0 Å². The Kier molecular flexibility index (Phi) is 5.77. The highest BCUT2D eigenvalue weighted by Crippen LogP contribution is 2.36. The fourth-order valence-corrected chi connectivity index (χ4v) is 2.94. The van der Waals surface area contributed by atoms with Gasteiger partial charge in [0.2, 0.25) is 0 Å². The SMILES string of the molecule is C=C1C(=O)O[C@H]2/C=C(/C)C(=O)C/C=C(\C)C[C@H](OC(=O)C(C)=CC)[C@@H]12. The summed E-state index contributed by atoms with van der Waals surface area (Å²) in [6, 6.07) is 0. The summed E-state index contributed by atoms with van der Waals surface area (Å²) in [4.78, 5) is 36.4. The highest BCUT2D eigenvalue weighted by Gasteiger charge is 2.44. The van der Waals surface area contributed by atoms with Crippen molar-refractivity contribution in [1.82, 2.24) is 0 Å². The molecule has 0 radical (unpaired) electrons. The Bertz CT molecular complexity index is 708. The maximum absolute atomic E-state index is 12.3. The molecule has 1 heterocycles. The molecule has 25 heavy (non-hydrogen) atoms. The molecule has 1 aliphatic heterocycles. The van der Waals surface area contributed by atoms with Crippen molar-refractivity contribution < 1.29 is 23.9 Å². The molecule has 5 heteroatoms. The van der Waals surface area contributed by atoms with Crippen molar-refractivity contribution in [2.24, 2.45) is 5.92 Å². The third-order valence-electron chi connectivity index (χ3n) is 4.69. The summed E-state index contributed by atoms with van der Waals surface area (Å²) in [5, 5.41) is 0. The van der Waals surface area contributed by atoms with E-state index < -0.39 is 30.1 Å². The van der Waals surface area contributed by atoms with E-state index in [1.807, 2.05) is 13.0 Å². The van der Waals surface area contributed by atoms with Crippen molar-refractivity contribution in [2.75, 3.05) is 0 Å². The molecule has 1 fully saturated rings. The van der Waals surface area contributed by atoms with Crippen molar-refractivity contribution in [3.05, 3.63) is 47.1 Å². The molecule has 134 valence electrons. The van der Waals surface area contributed by atoms with Crippen LogP contribution in [0.4, 0.5) is 0 Å².